The molecular formula is C28H27N5O5. The molecule has 1 aromatic heterocycles. The summed E-state index contributed by atoms with van der Waals surface area (Å²) in [6.45, 7) is 2.36. The smallest absolute Gasteiger partial charge is 0.272 e. The van der Waals surface area contributed by atoms with Gasteiger partial charge < -0.3 is 19.3 Å². The van der Waals surface area contributed by atoms with E-state index in [9.17, 15) is 14.9 Å². The average molecular weight is 514 g/mol. The highest BCUT2D eigenvalue weighted by Crippen LogP contribution is 2.30. The van der Waals surface area contributed by atoms with E-state index in [0.717, 1.165) is 17.0 Å². The van der Waals surface area contributed by atoms with Crippen LogP contribution in [-0.2, 0) is 0 Å². The van der Waals surface area contributed by atoms with Crippen molar-refractivity contribution in [2.75, 3.05) is 45.3 Å². The zero-order chi connectivity index (χ0) is 26.6. The number of nitrogens with zero attached hydrogens (tertiary/aromatic N) is 5. The molecule has 194 valence electrons. The van der Waals surface area contributed by atoms with Crippen molar-refractivity contribution in [3.63, 3.8) is 0 Å². The van der Waals surface area contributed by atoms with E-state index in [1.54, 1.807) is 42.0 Å². The van der Waals surface area contributed by atoms with Crippen LogP contribution in [0.25, 0.3) is 16.9 Å². The maximum Gasteiger partial charge on any atom is 0.272 e. The van der Waals surface area contributed by atoms with Crippen molar-refractivity contribution in [1.29, 1.82) is 0 Å². The molecule has 0 N–H and O–H groups in total. The van der Waals surface area contributed by atoms with Crippen LogP contribution >= 0.6 is 0 Å². The van der Waals surface area contributed by atoms with E-state index in [2.05, 4.69) is 4.90 Å². The summed E-state index contributed by atoms with van der Waals surface area (Å²) in [5.74, 6) is 1.31. The minimum atomic E-state index is -0.457. The van der Waals surface area contributed by atoms with E-state index in [1.807, 2.05) is 48.5 Å². The maximum absolute atomic E-state index is 13.8. The van der Waals surface area contributed by atoms with Gasteiger partial charge in [0.05, 0.1) is 36.2 Å². The molecule has 0 atom stereocenters. The second kappa shape index (κ2) is 10.6. The molecule has 0 unspecified atom stereocenters. The fourth-order valence-corrected chi connectivity index (χ4v) is 4.57. The molecule has 5 rings (SSSR count). The number of non-ortho nitro benzene ring substituents is 1. The summed E-state index contributed by atoms with van der Waals surface area (Å²) < 4.78 is 12.4. The Bertz CT molecular complexity index is 1460. The summed E-state index contributed by atoms with van der Waals surface area (Å²) in [4.78, 5) is 28.5. The fourth-order valence-electron chi connectivity index (χ4n) is 4.57. The monoisotopic (exact) mass is 513 g/mol. The van der Waals surface area contributed by atoms with Crippen molar-refractivity contribution in [2.24, 2.45) is 0 Å². The van der Waals surface area contributed by atoms with Crippen molar-refractivity contribution in [3.05, 3.63) is 94.7 Å². The molecule has 0 saturated carbocycles. The third-order valence-electron chi connectivity index (χ3n) is 6.59. The molecule has 1 saturated heterocycles. The first kappa shape index (κ1) is 24.8. The van der Waals surface area contributed by atoms with Crippen molar-refractivity contribution < 1.29 is 19.2 Å². The standard InChI is InChI=1S/C28H27N5O5/c1-37-23-7-5-6-20(18-23)24-19-26(32(29-24)21-10-12-22(13-11-21)33(35)36)28(34)31-16-14-30(15-17-31)25-8-3-4-9-27(25)38-2/h3-13,18-19H,14-17H2,1-2H3. The third kappa shape index (κ3) is 4.88. The summed E-state index contributed by atoms with van der Waals surface area (Å²) in [5.41, 5.74) is 3.29. The number of rotatable bonds is 7. The summed E-state index contributed by atoms with van der Waals surface area (Å²) in [7, 11) is 3.24. The molecule has 0 bridgehead atoms. The first-order valence-electron chi connectivity index (χ1n) is 12.1. The van der Waals surface area contributed by atoms with Crippen LogP contribution in [0.2, 0.25) is 0 Å². The van der Waals surface area contributed by atoms with Gasteiger partial charge in [0.1, 0.15) is 17.2 Å². The molecular weight excluding hydrogens is 486 g/mol. The number of piperazine rings is 1. The minimum absolute atomic E-state index is 0.0331. The highest BCUT2D eigenvalue weighted by molar-refractivity contribution is 5.94. The van der Waals surface area contributed by atoms with Gasteiger partial charge in [0.25, 0.3) is 11.6 Å². The number of ether oxygens (including phenoxy) is 2. The van der Waals surface area contributed by atoms with E-state index in [1.165, 1.54) is 12.1 Å². The number of hydrogen-bond donors (Lipinski definition) is 0. The molecule has 0 radical (unpaired) electrons. The van der Waals surface area contributed by atoms with Gasteiger partial charge in [-0.1, -0.05) is 24.3 Å². The average Bonchev–Trinajstić information content (AvgIpc) is 3.42. The molecule has 3 aromatic carbocycles. The van der Waals surface area contributed by atoms with Crippen LogP contribution in [0.3, 0.4) is 0 Å². The number of nitro groups is 1. The predicted octanol–water partition coefficient (Wildman–Crippen LogP) is 4.43. The molecule has 4 aromatic rings. The quantitative estimate of drug-likeness (QED) is 0.266. The molecule has 0 aliphatic carbocycles. The second-order valence-electron chi connectivity index (χ2n) is 8.78. The SMILES string of the molecule is COc1cccc(-c2cc(C(=O)N3CCN(c4ccccc4OC)CC3)n(-c3ccc([N+](=O)[O-])cc3)n2)c1. The van der Waals surface area contributed by atoms with Gasteiger partial charge in [-0.05, 0) is 42.5 Å². The van der Waals surface area contributed by atoms with Gasteiger partial charge in [-0.3, -0.25) is 14.9 Å². The van der Waals surface area contributed by atoms with Crippen molar-refractivity contribution in [3.8, 4) is 28.4 Å². The number of para-hydroxylation sites is 2. The van der Waals surface area contributed by atoms with Crippen molar-refractivity contribution in [1.82, 2.24) is 14.7 Å². The highest BCUT2D eigenvalue weighted by atomic mass is 16.6. The normalized spacial score (nSPS) is 13.3. The summed E-state index contributed by atoms with van der Waals surface area (Å²) in [6, 6.07) is 23.0. The van der Waals surface area contributed by atoms with Crippen LogP contribution in [0.15, 0.2) is 78.9 Å². The Morgan fingerprint density at radius 3 is 2.32 bits per heavy atom. The third-order valence-corrected chi connectivity index (χ3v) is 6.59. The first-order valence-corrected chi connectivity index (χ1v) is 12.1. The van der Waals surface area contributed by atoms with Crippen LogP contribution in [0.1, 0.15) is 10.5 Å². The number of amides is 1. The predicted molar refractivity (Wildman–Crippen MR) is 143 cm³/mol. The molecule has 2 heterocycles. The number of nitro benzene ring substituents is 1. The fraction of sp³-hybridized carbons (Fsp3) is 0.214. The number of methoxy groups -OCH3 is 2. The van der Waals surface area contributed by atoms with E-state index < -0.39 is 4.92 Å². The van der Waals surface area contributed by atoms with Crippen LogP contribution in [-0.4, -0.2) is 65.9 Å². The van der Waals surface area contributed by atoms with Gasteiger partial charge in [-0.25, -0.2) is 4.68 Å². The first-order chi connectivity index (χ1) is 18.5. The molecule has 0 spiro atoms. The van der Waals surface area contributed by atoms with Crippen LogP contribution < -0.4 is 14.4 Å². The molecule has 1 amide bonds. The van der Waals surface area contributed by atoms with Crippen LogP contribution in [0.5, 0.6) is 11.5 Å². The number of aromatic nitrogens is 2. The zero-order valence-corrected chi connectivity index (χ0v) is 21.1. The molecule has 1 aliphatic heterocycles. The van der Waals surface area contributed by atoms with Crippen molar-refractivity contribution in [2.45, 2.75) is 0 Å². The molecule has 1 aliphatic rings. The van der Waals surface area contributed by atoms with Gasteiger partial charge in [0, 0.05) is 43.9 Å². The van der Waals surface area contributed by atoms with Crippen LogP contribution in [0.4, 0.5) is 11.4 Å². The minimum Gasteiger partial charge on any atom is -0.497 e. The lowest BCUT2D eigenvalue weighted by Crippen LogP contribution is -2.49. The number of carbonyl (C=O) groups excluding carboxylic acids is 1. The Hall–Kier alpha value is -4.86. The van der Waals surface area contributed by atoms with E-state index in [4.69, 9.17) is 14.6 Å². The Balaban J connectivity index is 1.45. The van der Waals surface area contributed by atoms with E-state index in [0.29, 0.717) is 49.0 Å². The number of hydrogen-bond acceptors (Lipinski definition) is 7. The van der Waals surface area contributed by atoms with Gasteiger partial charge in [0.2, 0.25) is 0 Å². The molecule has 10 nitrogen and oxygen atoms in total. The lowest BCUT2D eigenvalue weighted by atomic mass is 10.1. The van der Waals surface area contributed by atoms with E-state index >= 15 is 0 Å². The van der Waals surface area contributed by atoms with Crippen LogP contribution in [0, 0.1) is 10.1 Å². The van der Waals surface area contributed by atoms with Crippen molar-refractivity contribution >= 4 is 17.3 Å². The van der Waals surface area contributed by atoms with Gasteiger partial charge in [-0.15, -0.1) is 0 Å². The second-order valence-corrected chi connectivity index (χ2v) is 8.78. The number of anilines is 1. The van der Waals surface area contributed by atoms with Gasteiger partial charge >= 0.3 is 0 Å². The Morgan fingerprint density at radius 2 is 1.63 bits per heavy atom. The van der Waals surface area contributed by atoms with E-state index in [-0.39, 0.29) is 11.6 Å². The molecule has 38 heavy (non-hydrogen) atoms. The molecule has 1 fully saturated rings. The summed E-state index contributed by atoms with van der Waals surface area (Å²) in [6.07, 6.45) is 0. The number of benzene rings is 3. The van der Waals surface area contributed by atoms with Gasteiger partial charge in [0.15, 0.2) is 0 Å². The Labute approximate surface area is 219 Å². The Kier molecular flexibility index (Phi) is 6.94. The zero-order valence-electron chi connectivity index (χ0n) is 21.1. The maximum atomic E-state index is 13.8. The number of carbonyl (C=O) groups is 1. The largest absolute Gasteiger partial charge is 0.497 e. The van der Waals surface area contributed by atoms with Gasteiger partial charge in [-0.2, -0.15) is 5.10 Å². The summed E-state index contributed by atoms with van der Waals surface area (Å²) >= 11 is 0. The highest BCUT2D eigenvalue weighted by Gasteiger charge is 2.27. The molecule has 10 heteroatoms. The Morgan fingerprint density at radius 1 is 0.895 bits per heavy atom. The lowest BCUT2D eigenvalue weighted by molar-refractivity contribution is -0.384. The lowest BCUT2D eigenvalue weighted by Gasteiger charge is -2.36. The topological polar surface area (TPSA) is 103 Å². The summed E-state index contributed by atoms with van der Waals surface area (Å²) in [5, 5.41) is 15.9.